The molecule has 3 N–H and O–H groups in total. The van der Waals surface area contributed by atoms with Crippen molar-refractivity contribution in [2.75, 3.05) is 39.9 Å². The average Bonchev–Trinajstić information content (AvgIpc) is 2.18. The summed E-state index contributed by atoms with van der Waals surface area (Å²) in [6.45, 7) is 3.10. The van der Waals surface area contributed by atoms with Crippen molar-refractivity contribution >= 4 is 0 Å². The van der Waals surface area contributed by atoms with Crippen LogP contribution in [0.25, 0.3) is 0 Å². The van der Waals surface area contributed by atoms with Gasteiger partial charge in [0.05, 0.1) is 18.8 Å². The smallest absolute Gasteiger partial charge is 0.0829 e. The Morgan fingerprint density at radius 1 is 1.46 bits per heavy atom. The van der Waals surface area contributed by atoms with Crippen molar-refractivity contribution in [3.8, 4) is 0 Å². The van der Waals surface area contributed by atoms with E-state index in [1.54, 1.807) is 0 Å². The molecule has 1 rings (SSSR count). The van der Waals surface area contributed by atoms with Crippen LogP contribution in [0.3, 0.4) is 0 Å². The molecule has 1 aliphatic rings. The van der Waals surface area contributed by atoms with E-state index in [0.717, 1.165) is 25.9 Å². The van der Waals surface area contributed by atoms with Gasteiger partial charge in [0.15, 0.2) is 0 Å². The van der Waals surface area contributed by atoms with E-state index in [1.807, 2.05) is 0 Å². The van der Waals surface area contributed by atoms with Crippen LogP contribution in [0.15, 0.2) is 0 Å². The fourth-order valence-electron chi connectivity index (χ4n) is 1.70. The highest BCUT2D eigenvalue weighted by molar-refractivity contribution is 4.87. The first-order chi connectivity index (χ1) is 6.22. The molecule has 0 aromatic rings. The Morgan fingerprint density at radius 2 is 2.08 bits per heavy atom. The lowest BCUT2D eigenvalue weighted by Crippen LogP contribution is -2.49. The lowest BCUT2D eigenvalue weighted by atomic mass is 9.91. The van der Waals surface area contributed by atoms with Gasteiger partial charge in [0, 0.05) is 19.6 Å². The second kappa shape index (κ2) is 4.91. The molecule has 4 nitrogen and oxygen atoms in total. The molecule has 13 heavy (non-hydrogen) atoms. The van der Waals surface area contributed by atoms with E-state index in [0.29, 0.717) is 13.2 Å². The lowest BCUT2D eigenvalue weighted by Gasteiger charge is -2.39. The molecule has 0 radical (unpaired) electrons. The van der Waals surface area contributed by atoms with Crippen molar-refractivity contribution in [3.63, 3.8) is 0 Å². The van der Waals surface area contributed by atoms with Gasteiger partial charge in [-0.15, -0.1) is 0 Å². The van der Waals surface area contributed by atoms with Crippen molar-refractivity contribution in [2.24, 2.45) is 5.73 Å². The van der Waals surface area contributed by atoms with Gasteiger partial charge >= 0.3 is 0 Å². The largest absolute Gasteiger partial charge is 0.394 e. The zero-order chi connectivity index (χ0) is 9.73. The Hall–Kier alpha value is -0.160. The minimum atomic E-state index is -0.171. The topological polar surface area (TPSA) is 58.7 Å². The minimum absolute atomic E-state index is 0.0809. The molecule has 1 fully saturated rings. The molecule has 1 heterocycles. The Bertz CT molecular complexity index is 139. The minimum Gasteiger partial charge on any atom is -0.394 e. The van der Waals surface area contributed by atoms with Gasteiger partial charge in [-0.25, -0.2) is 0 Å². The van der Waals surface area contributed by atoms with Crippen LogP contribution in [-0.4, -0.2) is 55.5 Å². The molecule has 4 heteroatoms. The molecule has 0 unspecified atom stereocenters. The summed E-state index contributed by atoms with van der Waals surface area (Å²) in [6, 6.07) is 0. The third-order valence-electron chi connectivity index (χ3n) is 2.77. The fourth-order valence-corrected chi connectivity index (χ4v) is 1.70. The maximum Gasteiger partial charge on any atom is 0.0829 e. The van der Waals surface area contributed by atoms with E-state index in [4.69, 9.17) is 15.6 Å². The van der Waals surface area contributed by atoms with Gasteiger partial charge in [-0.3, -0.25) is 0 Å². The SMILES string of the molecule is CN1CCC(CN)(OCCO)CC1. The molecule has 1 saturated heterocycles. The van der Waals surface area contributed by atoms with Crippen molar-refractivity contribution in [1.29, 1.82) is 0 Å². The molecule has 0 aromatic heterocycles. The van der Waals surface area contributed by atoms with Crippen molar-refractivity contribution in [3.05, 3.63) is 0 Å². The Balaban J connectivity index is 2.40. The molecule has 0 aliphatic carbocycles. The second-order valence-electron chi connectivity index (χ2n) is 3.76. The predicted octanol–water partition coefficient (Wildman–Crippen LogP) is -0.582. The second-order valence-corrected chi connectivity index (χ2v) is 3.76. The van der Waals surface area contributed by atoms with Crippen molar-refractivity contribution in [1.82, 2.24) is 4.90 Å². The predicted molar refractivity (Wildman–Crippen MR) is 51.6 cm³/mol. The zero-order valence-electron chi connectivity index (χ0n) is 8.33. The van der Waals surface area contributed by atoms with E-state index in [9.17, 15) is 0 Å². The number of nitrogens with two attached hydrogens (primary N) is 1. The van der Waals surface area contributed by atoms with Crippen LogP contribution in [0.5, 0.6) is 0 Å². The molecule has 0 bridgehead atoms. The highest BCUT2D eigenvalue weighted by Crippen LogP contribution is 2.24. The van der Waals surface area contributed by atoms with Crippen LogP contribution in [-0.2, 0) is 4.74 Å². The number of hydrogen-bond donors (Lipinski definition) is 2. The maximum absolute atomic E-state index is 8.68. The third-order valence-corrected chi connectivity index (χ3v) is 2.77. The standard InChI is InChI=1S/C9H20N2O2/c1-11-4-2-9(8-10,3-5-11)13-7-6-12/h12H,2-8,10H2,1H3. The van der Waals surface area contributed by atoms with Crippen molar-refractivity contribution in [2.45, 2.75) is 18.4 Å². The van der Waals surface area contributed by atoms with Gasteiger partial charge in [0.1, 0.15) is 0 Å². The summed E-state index contributed by atoms with van der Waals surface area (Å²) in [7, 11) is 2.10. The molecular formula is C9H20N2O2. The molecular weight excluding hydrogens is 168 g/mol. The molecule has 0 spiro atoms. The monoisotopic (exact) mass is 188 g/mol. The molecule has 0 aromatic carbocycles. The van der Waals surface area contributed by atoms with E-state index in [-0.39, 0.29) is 12.2 Å². The number of aliphatic hydroxyl groups is 1. The van der Waals surface area contributed by atoms with E-state index >= 15 is 0 Å². The molecule has 0 amide bonds. The van der Waals surface area contributed by atoms with Crippen LogP contribution < -0.4 is 5.73 Å². The zero-order valence-corrected chi connectivity index (χ0v) is 8.33. The number of likely N-dealkylation sites (tertiary alicyclic amines) is 1. The summed E-state index contributed by atoms with van der Waals surface area (Å²) in [5.74, 6) is 0. The number of piperidine rings is 1. The molecule has 78 valence electrons. The van der Waals surface area contributed by atoms with Crippen molar-refractivity contribution < 1.29 is 9.84 Å². The summed E-state index contributed by atoms with van der Waals surface area (Å²) in [6.07, 6.45) is 1.94. The highest BCUT2D eigenvalue weighted by atomic mass is 16.5. The first-order valence-corrected chi connectivity index (χ1v) is 4.86. The van der Waals surface area contributed by atoms with Crippen LogP contribution in [0, 0.1) is 0 Å². The molecule has 1 aliphatic heterocycles. The quantitative estimate of drug-likeness (QED) is 0.619. The van der Waals surface area contributed by atoms with E-state index < -0.39 is 0 Å². The summed E-state index contributed by atoms with van der Waals surface area (Å²) in [5.41, 5.74) is 5.53. The number of aliphatic hydroxyl groups excluding tert-OH is 1. The maximum atomic E-state index is 8.68. The third kappa shape index (κ3) is 2.91. The van der Waals surface area contributed by atoms with E-state index in [1.165, 1.54) is 0 Å². The van der Waals surface area contributed by atoms with Gasteiger partial charge < -0.3 is 20.5 Å². The van der Waals surface area contributed by atoms with Crippen LogP contribution in [0.2, 0.25) is 0 Å². The van der Waals surface area contributed by atoms with Crippen LogP contribution >= 0.6 is 0 Å². The normalized spacial score (nSPS) is 23.3. The van der Waals surface area contributed by atoms with Gasteiger partial charge in [0.25, 0.3) is 0 Å². The number of rotatable bonds is 4. The average molecular weight is 188 g/mol. The van der Waals surface area contributed by atoms with Gasteiger partial charge in [0.2, 0.25) is 0 Å². The first-order valence-electron chi connectivity index (χ1n) is 4.86. The molecule has 0 atom stereocenters. The Labute approximate surface area is 79.7 Å². The summed E-state index contributed by atoms with van der Waals surface area (Å²) in [5, 5.41) is 8.68. The molecule has 0 saturated carbocycles. The highest BCUT2D eigenvalue weighted by Gasteiger charge is 2.32. The summed E-state index contributed by atoms with van der Waals surface area (Å²) in [4.78, 5) is 2.27. The fraction of sp³-hybridized carbons (Fsp3) is 1.00. The number of nitrogens with zero attached hydrogens (tertiary/aromatic N) is 1. The van der Waals surface area contributed by atoms with Gasteiger partial charge in [-0.05, 0) is 19.9 Å². The van der Waals surface area contributed by atoms with Crippen LogP contribution in [0.4, 0.5) is 0 Å². The first kappa shape index (κ1) is 10.9. The van der Waals surface area contributed by atoms with E-state index in [2.05, 4.69) is 11.9 Å². The summed E-state index contributed by atoms with van der Waals surface area (Å²) >= 11 is 0. The Kier molecular flexibility index (Phi) is 4.12. The Morgan fingerprint density at radius 3 is 2.54 bits per heavy atom. The number of hydrogen-bond acceptors (Lipinski definition) is 4. The van der Waals surface area contributed by atoms with Gasteiger partial charge in [-0.1, -0.05) is 0 Å². The number of ether oxygens (including phenoxy) is 1. The van der Waals surface area contributed by atoms with Crippen LogP contribution in [0.1, 0.15) is 12.8 Å². The summed E-state index contributed by atoms with van der Waals surface area (Å²) < 4.78 is 5.62. The lowest BCUT2D eigenvalue weighted by molar-refractivity contribution is -0.0835. The van der Waals surface area contributed by atoms with Gasteiger partial charge in [-0.2, -0.15) is 0 Å².